The van der Waals surface area contributed by atoms with Crippen molar-refractivity contribution < 1.29 is 9.53 Å². The lowest BCUT2D eigenvalue weighted by atomic mass is 10.1. The van der Waals surface area contributed by atoms with Gasteiger partial charge in [0.25, 0.3) is 0 Å². The molecule has 1 amide bonds. The molecule has 1 N–H and O–H groups in total. The number of nitrogens with zero attached hydrogens (tertiary/aromatic N) is 5. The second-order valence-corrected chi connectivity index (χ2v) is 8.41. The van der Waals surface area contributed by atoms with E-state index in [1.807, 2.05) is 84.5 Å². The van der Waals surface area contributed by atoms with Crippen molar-refractivity contribution in [1.82, 2.24) is 30.1 Å². The summed E-state index contributed by atoms with van der Waals surface area (Å²) in [4.78, 5) is 14.8. The Kier molecular flexibility index (Phi) is 6.52. The molecule has 0 fully saturated rings. The number of rotatable bonds is 9. The quantitative estimate of drug-likeness (QED) is 0.353. The second-order valence-electron chi connectivity index (χ2n) is 8.41. The van der Waals surface area contributed by atoms with Crippen molar-refractivity contribution >= 4 is 16.8 Å². The van der Waals surface area contributed by atoms with Crippen molar-refractivity contribution in [2.75, 3.05) is 13.6 Å². The molecule has 8 nitrogen and oxygen atoms in total. The number of aromatic amines is 1. The zero-order valence-electron chi connectivity index (χ0n) is 19.5. The van der Waals surface area contributed by atoms with Gasteiger partial charge in [0.15, 0.2) is 0 Å². The zero-order chi connectivity index (χ0) is 24.0. The molecule has 5 rings (SSSR count). The molecule has 0 atom stereocenters. The molecule has 0 spiro atoms. The van der Waals surface area contributed by atoms with Gasteiger partial charge in [0, 0.05) is 36.3 Å². The van der Waals surface area contributed by atoms with E-state index in [9.17, 15) is 4.79 Å². The first kappa shape index (κ1) is 22.3. The van der Waals surface area contributed by atoms with Crippen LogP contribution in [0.5, 0.6) is 5.75 Å². The van der Waals surface area contributed by atoms with E-state index in [1.165, 1.54) is 5.56 Å². The van der Waals surface area contributed by atoms with Gasteiger partial charge in [-0.1, -0.05) is 60.7 Å². The maximum Gasteiger partial charge on any atom is 0.242 e. The molecule has 176 valence electrons. The summed E-state index contributed by atoms with van der Waals surface area (Å²) in [5.41, 5.74) is 3.99. The van der Waals surface area contributed by atoms with Crippen LogP contribution in [0.3, 0.4) is 0 Å². The van der Waals surface area contributed by atoms with Gasteiger partial charge in [0.2, 0.25) is 11.7 Å². The third kappa shape index (κ3) is 5.22. The molecule has 0 radical (unpaired) electrons. The van der Waals surface area contributed by atoms with E-state index >= 15 is 0 Å². The minimum absolute atomic E-state index is 0.0295. The fraction of sp³-hybridized carbons (Fsp3) is 0.185. The third-order valence-corrected chi connectivity index (χ3v) is 6.00. The SMILES string of the molecule is CN(CCc1ccccc1)C(=O)Cn1cc(-c2nn[nH]n2)c2cc(OCc3ccccc3)ccc21. The highest BCUT2D eigenvalue weighted by atomic mass is 16.5. The summed E-state index contributed by atoms with van der Waals surface area (Å²) in [6, 6.07) is 26.0. The van der Waals surface area contributed by atoms with Gasteiger partial charge in [-0.15, -0.1) is 10.2 Å². The summed E-state index contributed by atoms with van der Waals surface area (Å²) >= 11 is 0. The highest BCUT2D eigenvalue weighted by Crippen LogP contribution is 2.31. The summed E-state index contributed by atoms with van der Waals surface area (Å²) in [7, 11) is 1.84. The van der Waals surface area contributed by atoms with Crippen LogP contribution in [0, 0.1) is 0 Å². The molecule has 3 aromatic carbocycles. The fourth-order valence-electron chi connectivity index (χ4n) is 4.02. The van der Waals surface area contributed by atoms with Crippen molar-refractivity contribution in [2.45, 2.75) is 19.6 Å². The first-order valence-corrected chi connectivity index (χ1v) is 11.5. The highest BCUT2D eigenvalue weighted by molar-refractivity contribution is 5.96. The molecule has 2 aromatic heterocycles. The topological polar surface area (TPSA) is 88.9 Å². The van der Waals surface area contributed by atoms with Crippen LogP contribution in [-0.2, 0) is 24.4 Å². The Morgan fingerprint density at radius 1 is 1.00 bits per heavy atom. The average Bonchev–Trinajstić information content (AvgIpc) is 3.55. The van der Waals surface area contributed by atoms with Gasteiger partial charge in [-0.2, -0.15) is 5.21 Å². The number of carbonyl (C=O) groups is 1. The van der Waals surface area contributed by atoms with Crippen molar-refractivity contribution in [3.63, 3.8) is 0 Å². The average molecular weight is 467 g/mol. The number of H-pyrrole nitrogens is 1. The summed E-state index contributed by atoms with van der Waals surface area (Å²) in [5.74, 6) is 1.23. The summed E-state index contributed by atoms with van der Waals surface area (Å²) in [5, 5.41) is 15.4. The number of fused-ring (bicyclic) bond motifs is 1. The minimum Gasteiger partial charge on any atom is -0.489 e. The van der Waals surface area contributed by atoms with Gasteiger partial charge >= 0.3 is 0 Å². The molecule has 5 aromatic rings. The molecule has 0 aliphatic rings. The third-order valence-electron chi connectivity index (χ3n) is 6.00. The number of hydrogen-bond acceptors (Lipinski definition) is 5. The first-order chi connectivity index (χ1) is 17.2. The minimum atomic E-state index is 0.0295. The Bertz CT molecular complexity index is 1400. The van der Waals surface area contributed by atoms with Crippen LogP contribution in [0.15, 0.2) is 85.1 Å². The van der Waals surface area contributed by atoms with E-state index in [4.69, 9.17) is 4.74 Å². The van der Waals surface area contributed by atoms with Crippen LogP contribution >= 0.6 is 0 Å². The van der Waals surface area contributed by atoms with Gasteiger partial charge in [0.05, 0.1) is 0 Å². The molecule has 0 aliphatic carbocycles. The van der Waals surface area contributed by atoms with Gasteiger partial charge in [0.1, 0.15) is 18.9 Å². The summed E-state index contributed by atoms with van der Waals surface area (Å²) in [6.07, 6.45) is 2.71. The number of nitrogens with one attached hydrogen (secondary N) is 1. The van der Waals surface area contributed by atoms with Crippen molar-refractivity contribution in [1.29, 1.82) is 0 Å². The van der Waals surface area contributed by atoms with Crippen molar-refractivity contribution in [2.24, 2.45) is 0 Å². The normalized spacial score (nSPS) is 11.0. The van der Waals surface area contributed by atoms with E-state index < -0.39 is 0 Å². The Balaban J connectivity index is 1.36. The van der Waals surface area contributed by atoms with E-state index in [0.717, 1.165) is 34.2 Å². The van der Waals surface area contributed by atoms with E-state index in [1.54, 1.807) is 4.90 Å². The number of tetrazole rings is 1. The number of amides is 1. The summed E-state index contributed by atoms with van der Waals surface area (Å²) < 4.78 is 7.96. The van der Waals surface area contributed by atoms with E-state index in [2.05, 4.69) is 32.8 Å². The number of hydrogen-bond donors (Lipinski definition) is 1. The molecule has 8 heteroatoms. The lowest BCUT2D eigenvalue weighted by molar-refractivity contribution is -0.130. The Labute approximate surface area is 203 Å². The first-order valence-electron chi connectivity index (χ1n) is 11.5. The maximum absolute atomic E-state index is 13.0. The van der Waals surface area contributed by atoms with Gasteiger partial charge in [-0.3, -0.25) is 4.79 Å². The number of carbonyl (C=O) groups excluding carboxylic acids is 1. The van der Waals surface area contributed by atoms with Crippen LogP contribution in [0.25, 0.3) is 22.3 Å². The van der Waals surface area contributed by atoms with Gasteiger partial charge < -0.3 is 14.2 Å². The van der Waals surface area contributed by atoms with E-state index in [-0.39, 0.29) is 12.5 Å². The molecular formula is C27H26N6O2. The van der Waals surface area contributed by atoms with Gasteiger partial charge in [-0.25, -0.2) is 0 Å². The van der Waals surface area contributed by atoms with Crippen LogP contribution in [0.2, 0.25) is 0 Å². The number of likely N-dealkylation sites (N-methyl/N-ethyl adjacent to an activating group) is 1. The van der Waals surface area contributed by atoms with Crippen LogP contribution < -0.4 is 4.74 Å². The number of ether oxygens (including phenoxy) is 1. The molecule has 0 aliphatic heterocycles. The van der Waals surface area contributed by atoms with Gasteiger partial charge in [-0.05, 0) is 41.0 Å². The second kappa shape index (κ2) is 10.2. The zero-order valence-corrected chi connectivity index (χ0v) is 19.5. The number of benzene rings is 3. The van der Waals surface area contributed by atoms with Crippen molar-refractivity contribution in [3.05, 3.63) is 96.2 Å². The Morgan fingerprint density at radius 3 is 2.46 bits per heavy atom. The number of aromatic nitrogens is 5. The molecular weight excluding hydrogens is 440 g/mol. The molecule has 2 heterocycles. The van der Waals surface area contributed by atoms with Crippen LogP contribution in [-0.4, -0.2) is 49.6 Å². The monoisotopic (exact) mass is 466 g/mol. The highest BCUT2D eigenvalue weighted by Gasteiger charge is 2.18. The predicted octanol–water partition coefficient (Wildman–Crippen LogP) is 4.10. The molecule has 35 heavy (non-hydrogen) atoms. The Hall–Kier alpha value is -4.46. The molecule has 0 unspecified atom stereocenters. The smallest absolute Gasteiger partial charge is 0.242 e. The van der Waals surface area contributed by atoms with E-state index in [0.29, 0.717) is 19.0 Å². The standard InChI is InChI=1S/C27H26N6O2/c1-32(15-14-20-8-4-2-5-9-20)26(34)18-33-17-24(27-28-30-31-29-27)23-16-22(12-13-25(23)33)35-19-21-10-6-3-7-11-21/h2-13,16-17H,14-15,18-19H2,1H3,(H,28,29,30,31). The summed E-state index contributed by atoms with van der Waals surface area (Å²) in [6.45, 7) is 1.33. The molecule has 0 bridgehead atoms. The lowest BCUT2D eigenvalue weighted by Gasteiger charge is -2.18. The lowest BCUT2D eigenvalue weighted by Crippen LogP contribution is -2.31. The van der Waals surface area contributed by atoms with Crippen molar-refractivity contribution in [3.8, 4) is 17.1 Å². The largest absolute Gasteiger partial charge is 0.489 e. The Morgan fingerprint density at radius 2 is 1.74 bits per heavy atom. The maximum atomic E-state index is 13.0. The van der Waals surface area contributed by atoms with Crippen LogP contribution in [0.1, 0.15) is 11.1 Å². The predicted molar refractivity (Wildman–Crippen MR) is 134 cm³/mol. The molecule has 0 saturated carbocycles. The van der Waals surface area contributed by atoms with Crippen LogP contribution in [0.4, 0.5) is 0 Å². The molecule has 0 saturated heterocycles. The fourth-order valence-corrected chi connectivity index (χ4v) is 4.02.